The summed E-state index contributed by atoms with van der Waals surface area (Å²) < 4.78 is 0. The highest BCUT2D eigenvalue weighted by Crippen LogP contribution is 2.30. The Balaban J connectivity index is 1.95. The van der Waals surface area contributed by atoms with Crippen molar-refractivity contribution in [1.29, 1.82) is 0 Å². The van der Waals surface area contributed by atoms with Crippen LogP contribution in [0.2, 0.25) is 0 Å². The predicted molar refractivity (Wildman–Crippen MR) is 76.8 cm³/mol. The fourth-order valence-electron chi connectivity index (χ4n) is 2.43. The third-order valence-corrected chi connectivity index (χ3v) is 4.81. The molecule has 0 heterocycles. The number of phenols is 2. The number of benzene rings is 1. The molecule has 0 aliphatic heterocycles. The minimum Gasteiger partial charge on any atom is -0.504 e. The number of aromatic hydroxyl groups is 2. The Bertz CT molecular complexity index is 464. The minimum absolute atomic E-state index is 0.113. The summed E-state index contributed by atoms with van der Waals surface area (Å²) in [4.78, 5) is 12.4. The van der Waals surface area contributed by atoms with E-state index >= 15 is 0 Å². The number of carbonyl (C=O) groups is 1. The second-order valence-corrected chi connectivity index (χ2v) is 6.12. The van der Waals surface area contributed by atoms with Gasteiger partial charge in [-0.2, -0.15) is 0 Å². The Kier molecular flexibility index (Phi) is 4.69. The van der Waals surface area contributed by atoms with Crippen LogP contribution in [-0.4, -0.2) is 27.5 Å². The molecule has 104 valence electrons. The average molecular weight is 328 g/mol. The van der Waals surface area contributed by atoms with Gasteiger partial charge in [-0.1, -0.05) is 34.8 Å². The highest BCUT2D eigenvalue weighted by molar-refractivity contribution is 9.09. The van der Waals surface area contributed by atoms with Crippen LogP contribution in [0.4, 0.5) is 0 Å². The molecule has 1 amide bonds. The number of alkyl halides is 1. The van der Waals surface area contributed by atoms with Crippen LogP contribution in [0.25, 0.3) is 0 Å². The molecule has 1 fully saturated rings. The van der Waals surface area contributed by atoms with Crippen LogP contribution in [-0.2, 0) is 0 Å². The summed E-state index contributed by atoms with van der Waals surface area (Å²) in [5.41, 5.74) is 0.113. The number of phenolic OH excluding ortho intramolecular Hbond substituents is 2. The molecule has 1 aromatic carbocycles. The van der Waals surface area contributed by atoms with Gasteiger partial charge in [-0.25, -0.2) is 0 Å². The van der Waals surface area contributed by atoms with Crippen LogP contribution < -0.4 is 5.32 Å². The number of hydrogen-bond donors (Lipinski definition) is 3. The van der Waals surface area contributed by atoms with E-state index < -0.39 is 0 Å². The molecule has 1 aliphatic carbocycles. The number of halogens is 1. The van der Waals surface area contributed by atoms with E-state index in [0.717, 1.165) is 12.8 Å². The molecule has 0 spiro atoms. The summed E-state index contributed by atoms with van der Waals surface area (Å²) in [7, 11) is 0. The fourth-order valence-corrected chi connectivity index (χ4v) is 3.20. The largest absolute Gasteiger partial charge is 0.504 e. The quantitative estimate of drug-likeness (QED) is 0.590. The van der Waals surface area contributed by atoms with Gasteiger partial charge in [0.05, 0.1) is 5.56 Å². The molecule has 19 heavy (non-hydrogen) atoms. The van der Waals surface area contributed by atoms with E-state index in [4.69, 9.17) is 0 Å². The van der Waals surface area contributed by atoms with E-state index in [2.05, 4.69) is 21.2 Å². The number of nitrogens with one attached hydrogen (secondary N) is 1. The van der Waals surface area contributed by atoms with Crippen molar-refractivity contribution in [3.63, 3.8) is 0 Å². The summed E-state index contributed by atoms with van der Waals surface area (Å²) in [5.74, 6) is -0.557. The second-order valence-electron chi connectivity index (χ2n) is 4.94. The third-order valence-electron chi connectivity index (χ3n) is 3.60. The maximum absolute atomic E-state index is 12.0. The molecule has 1 aromatic rings. The van der Waals surface area contributed by atoms with Crippen molar-refractivity contribution in [3.8, 4) is 11.5 Å². The van der Waals surface area contributed by atoms with Gasteiger partial charge >= 0.3 is 0 Å². The maximum atomic E-state index is 12.0. The predicted octanol–water partition coefficient (Wildman–Crippen LogP) is 2.78. The Morgan fingerprint density at radius 3 is 2.79 bits per heavy atom. The molecule has 0 bridgehead atoms. The first kappa shape index (κ1) is 14.2. The Hall–Kier alpha value is -1.23. The van der Waals surface area contributed by atoms with E-state index in [9.17, 15) is 15.0 Å². The molecule has 0 aromatic heterocycles. The van der Waals surface area contributed by atoms with Gasteiger partial charge in [-0.05, 0) is 30.9 Å². The number of para-hydroxylation sites is 1. The van der Waals surface area contributed by atoms with Crippen LogP contribution in [0, 0.1) is 5.92 Å². The van der Waals surface area contributed by atoms with Crippen LogP contribution in [0.5, 0.6) is 11.5 Å². The highest BCUT2D eigenvalue weighted by atomic mass is 79.9. The second kappa shape index (κ2) is 6.28. The van der Waals surface area contributed by atoms with E-state index in [1.165, 1.54) is 31.0 Å². The maximum Gasteiger partial charge on any atom is 0.255 e. The Morgan fingerprint density at radius 2 is 2.05 bits per heavy atom. The molecule has 1 saturated carbocycles. The third kappa shape index (κ3) is 3.41. The average Bonchev–Trinajstić information content (AvgIpc) is 2.40. The van der Waals surface area contributed by atoms with Crippen molar-refractivity contribution in [2.75, 3.05) is 6.54 Å². The molecule has 5 heteroatoms. The number of rotatable bonds is 3. The van der Waals surface area contributed by atoms with Gasteiger partial charge in [-0.3, -0.25) is 4.79 Å². The van der Waals surface area contributed by atoms with Crippen LogP contribution in [0.1, 0.15) is 36.0 Å². The first-order valence-electron chi connectivity index (χ1n) is 6.53. The zero-order valence-electron chi connectivity index (χ0n) is 10.6. The number of carbonyl (C=O) groups excluding carboxylic acids is 1. The molecule has 1 aliphatic rings. The minimum atomic E-state index is -0.362. The lowest BCUT2D eigenvalue weighted by Crippen LogP contribution is -2.34. The fraction of sp³-hybridized carbons (Fsp3) is 0.500. The topological polar surface area (TPSA) is 69.6 Å². The highest BCUT2D eigenvalue weighted by Gasteiger charge is 2.23. The first-order chi connectivity index (χ1) is 9.09. The van der Waals surface area contributed by atoms with Crippen molar-refractivity contribution >= 4 is 21.8 Å². The summed E-state index contributed by atoms with van der Waals surface area (Å²) >= 11 is 3.65. The zero-order valence-corrected chi connectivity index (χ0v) is 12.2. The van der Waals surface area contributed by atoms with Gasteiger partial charge in [-0.15, -0.1) is 0 Å². The number of amides is 1. The van der Waals surface area contributed by atoms with Crippen LogP contribution in [0.15, 0.2) is 18.2 Å². The summed E-state index contributed by atoms with van der Waals surface area (Å²) in [6.45, 7) is 0.587. The summed E-state index contributed by atoms with van der Waals surface area (Å²) in [6, 6.07) is 4.39. The molecule has 2 rings (SSSR count). The zero-order chi connectivity index (χ0) is 13.8. The molecule has 2 unspecified atom stereocenters. The smallest absolute Gasteiger partial charge is 0.255 e. The van der Waals surface area contributed by atoms with E-state index in [-0.39, 0.29) is 23.0 Å². The van der Waals surface area contributed by atoms with Crippen molar-refractivity contribution in [3.05, 3.63) is 23.8 Å². The summed E-state index contributed by atoms with van der Waals surface area (Å²) in [6.07, 6.45) is 4.66. The van der Waals surface area contributed by atoms with Gasteiger partial charge in [0.2, 0.25) is 0 Å². The van der Waals surface area contributed by atoms with Crippen molar-refractivity contribution in [2.45, 2.75) is 30.5 Å². The SMILES string of the molecule is O=C(NCC1CCCCC1Br)c1cccc(O)c1O. The van der Waals surface area contributed by atoms with E-state index in [1.807, 2.05) is 0 Å². The molecule has 0 radical (unpaired) electrons. The standard InChI is InChI=1S/C14H18BrNO3/c15-11-6-2-1-4-9(11)8-16-14(19)10-5-3-7-12(17)13(10)18/h3,5,7,9,11,17-18H,1-2,4,6,8H2,(H,16,19). The van der Waals surface area contributed by atoms with Crippen LogP contribution in [0.3, 0.4) is 0 Å². The van der Waals surface area contributed by atoms with Gasteiger partial charge in [0.1, 0.15) is 0 Å². The monoisotopic (exact) mass is 327 g/mol. The van der Waals surface area contributed by atoms with Crippen LogP contribution >= 0.6 is 15.9 Å². The van der Waals surface area contributed by atoms with Gasteiger partial charge in [0, 0.05) is 11.4 Å². The summed E-state index contributed by atoms with van der Waals surface area (Å²) in [5, 5.41) is 21.8. The molecular weight excluding hydrogens is 310 g/mol. The van der Waals surface area contributed by atoms with Gasteiger partial charge < -0.3 is 15.5 Å². The van der Waals surface area contributed by atoms with Gasteiger partial charge in [0.15, 0.2) is 11.5 Å². The van der Waals surface area contributed by atoms with E-state index in [0.29, 0.717) is 17.3 Å². The molecule has 4 nitrogen and oxygen atoms in total. The Morgan fingerprint density at radius 1 is 1.32 bits per heavy atom. The van der Waals surface area contributed by atoms with E-state index in [1.54, 1.807) is 0 Å². The lowest BCUT2D eigenvalue weighted by molar-refractivity contribution is 0.0941. The van der Waals surface area contributed by atoms with Gasteiger partial charge in [0.25, 0.3) is 5.91 Å². The Labute approximate surface area is 121 Å². The number of hydrogen-bond acceptors (Lipinski definition) is 3. The van der Waals surface area contributed by atoms with Crippen molar-refractivity contribution in [2.24, 2.45) is 5.92 Å². The molecular formula is C14H18BrNO3. The first-order valence-corrected chi connectivity index (χ1v) is 7.44. The lowest BCUT2D eigenvalue weighted by Gasteiger charge is -2.27. The van der Waals surface area contributed by atoms with Crippen molar-refractivity contribution < 1.29 is 15.0 Å². The normalized spacial score (nSPS) is 23.0. The lowest BCUT2D eigenvalue weighted by atomic mass is 9.89. The molecule has 2 atom stereocenters. The molecule has 3 N–H and O–H groups in total. The molecule has 0 saturated heterocycles. The van der Waals surface area contributed by atoms with Crippen molar-refractivity contribution in [1.82, 2.24) is 5.32 Å².